The van der Waals surface area contributed by atoms with E-state index in [2.05, 4.69) is 5.10 Å². The van der Waals surface area contributed by atoms with E-state index in [1.807, 2.05) is 19.1 Å². The molecule has 128 valence electrons. The van der Waals surface area contributed by atoms with E-state index < -0.39 is 23.8 Å². The van der Waals surface area contributed by atoms with Crippen molar-refractivity contribution < 1.29 is 13.2 Å². The molecular weight excluding hydrogens is 327 g/mol. The zero-order valence-corrected chi connectivity index (χ0v) is 13.5. The summed E-state index contributed by atoms with van der Waals surface area (Å²) in [6.45, 7) is 1.93. The SMILES string of the molecule is Cc1ccc(N2N=C(C(F)(F)F)C3C=Cc4cc(N)ccc4C32)cc1. The molecule has 2 N–H and O–H groups in total. The fourth-order valence-corrected chi connectivity index (χ4v) is 3.44. The zero-order chi connectivity index (χ0) is 17.8. The number of benzene rings is 2. The molecular formula is C19H16F3N3. The second kappa shape index (κ2) is 5.37. The molecule has 0 bridgehead atoms. The second-order valence-corrected chi connectivity index (χ2v) is 6.38. The second-order valence-electron chi connectivity index (χ2n) is 6.38. The number of halogens is 3. The Labute approximate surface area is 143 Å². The maximum atomic E-state index is 13.5. The Kier molecular flexibility index (Phi) is 3.39. The summed E-state index contributed by atoms with van der Waals surface area (Å²) in [7, 11) is 0. The molecule has 0 amide bonds. The summed E-state index contributed by atoms with van der Waals surface area (Å²) in [6.07, 6.45) is -1.20. The third-order valence-electron chi connectivity index (χ3n) is 4.64. The quantitative estimate of drug-likeness (QED) is 0.763. The Morgan fingerprint density at radius 3 is 2.48 bits per heavy atom. The molecule has 0 saturated carbocycles. The molecule has 2 aromatic rings. The van der Waals surface area contributed by atoms with Crippen LogP contribution in [0.4, 0.5) is 24.5 Å². The largest absolute Gasteiger partial charge is 0.431 e. The lowest BCUT2D eigenvalue weighted by Gasteiger charge is -2.31. The van der Waals surface area contributed by atoms with Crippen LogP contribution < -0.4 is 10.7 Å². The molecule has 1 heterocycles. The zero-order valence-electron chi connectivity index (χ0n) is 13.5. The number of hydrazone groups is 1. The number of aryl methyl sites for hydroxylation is 1. The first-order valence-electron chi connectivity index (χ1n) is 7.94. The van der Waals surface area contributed by atoms with Crippen molar-refractivity contribution in [1.82, 2.24) is 0 Å². The van der Waals surface area contributed by atoms with E-state index in [1.54, 1.807) is 42.5 Å². The highest BCUT2D eigenvalue weighted by atomic mass is 19.4. The average molecular weight is 343 g/mol. The molecule has 0 spiro atoms. The van der Waals surface area contributed by atoms with E-state index in [-0.39, 0.29) is 0 Å². The van der Waals surface area contributed by atoms with Crippen molar-refractivity contribution in [2.45, 2.75) is 19.1 Å². The number of rotatable bonds is 1. The van der Waals surface area contributed by atoms with E-state index in [4.69, 9.17) is 5.73 Å². The Bertz CT molecular complexity index is 882. The van der Waals surface area contributed by atoms with E-state index >= 15 is 0 Å². The third-order valence-corrected chi connectivity index (χ3v) is 4.64. The van der Waals surface area contributed by atoms with Gasteiger partial charge in [-0.1, -0.05) is 35.9 Å². The van der Waals surface area contributed by atoms with Gasteiger partial charge in [-0.05, 0) is 42.3 Å². The van der Waals surface area contributed by atoms with Crippen molar-refractivity contribution in [3.05, 3.63) is 65.2 Å². The molecule has 2 atom stereocenters. The van der Waals surface area contributed by atoms with Gasteiger partial charge in [0.1, 0.15) is 0 Å². The van der Waals surface area contributed by atoms with Crippen molar-refractivity contribution in [1.29, 1.82) is 0 Å². The minimum Gasteiger partial charge on any atom is -0.399 e. The summed E-state index contributed by atoms with van der Waals surface area (Å²) >= 11 is 0. The maximum Gasteiger partial charge on any atom is 0.431 e. The van der Waals surface area contributed by atoms with Gasteiger partial charge in [0, 0.05) is 5.69 Å². The molecule has 0 saturated heterocycles. The molecule has 6 heteroatoms. The van der Waals surface area contributed by atoms with Crippen LogP contribution in [0, 0.1) is 12.8 Å². The molecule has 3 nitrogen and oxygen atoms in total. The lowest BCUT2D eigenvalue weighted by Crippen LogP contribution is -2.32. The summed E-state index contributed by atoms with van der Waals surface area (Å²) in [6, 6.07) is 12.1. The van der Waals surface area contributed by atoms with E-state index in [0.717, 1.165) is 16.7 Å². The topological polar surface area (TPSA) is 41.6 Å². The van der Waals surface area contributed by atoms with Crippen LogP contribution in [-0.2, 0) is 0 Å². The van der Waals surface area contributed by atoms with E-state index in [0.29, 0.717) is 11.4 Å². The van der Waals surface area contributed by atoms with Gasteiger partial charge in [-0.25, -0.2) is 0 Å². The minimum absolute atomic E-state index is 0.528. The summed E-state index contributed by atoms with van der Waals surface area (Å²) in [4.78, 5) is 0. The maximum absolute atomic E-state index is 13.5. The summed E-state index contributed by atoms with van der Waals surface area (Å²) < 4.78 is 40.5. The van der Waals surface area contributed by atoms with Crippen LogP contribution >= 0.6 is 0 Å². The van der Waals surface area contributed by atoms with Crippen molar-refractivity contribution in [3.63, 3.8) is 0 Å². The van der Waals surface area contributed by atoms with Crippen LogP contribution in [0.3, 0.4) is 0 Å². The number of anilines is 2. The fourth-order valence-electron chi connectivity index (χ4n) is 3.44. The van der Waals surface area contributed by atoms with Crippen LogP contribution in [0.2, 0.25) is 0 Å². The minimum atomic E-state index is -4.47. The Balaban J connectivity index is 1.87. The smallest absolute Gasteiger partial charge is 0.399 e. The Hall–Kier alpha value is -2.76. The lowest BCUT2D eigenvalue weighted by atomic mass is 9.82. The summed E-state index contributed by atoms with van der Waals surface area (Å²) in [5.74, 6) is -0.836. The van der Waals surface area contributed by atoms with Gasteiger partial charge in [0.25, 0.3) is 0 Å². The average Bonchev–Trinajstić information content (AvgIpc) is 2.95. The first kappa shape index (κ1) is 15.7. The number of fused-ring (bicyclic) bond motifs is 3. The molecule has 0 radical (unpaired) electrons. The molecule has 2 aromatic carbocycles. The van der Waals surface area contributed by atoms with E-state index in [9.17, 15) is 13.2 Å². The van der Waals surface area contributed by atoms with Crippen LogP contribution in [-0.4, -0.2) is 11.9 Å². The van der Waals surface area contributed by atoms with Crippen LogP contribution in [0.5, 0.6) is 0 Å². The molecule has 1 aliphatic carbocycles. The number of nitrogen functional groups attached to an aromatic ring is 1. The van der Waals surface area contributed by atoms with Gasteiger partial charge in [0.15, 0.2) is 5.71 Å². The van der Waals surface area contributed by atoms with Crippen molar-refractivity contribution in [3.8, 4) is 0 Å². The predicted octanol–water partition coefficient (Wildman–Crippen LogP) is 4.70. The molecule has 25 heavy (non-hydrogen) atoms. The molecule has 2 unspecified atom stereocenters. The molecule has 1 aliphatic heterocycles. The monoisotopic (exact) mass is 343 g/mol. The normalized spacial score (nSPS) is 21.8. The number of nitrogens with two attached hydrogens (primary N) is 1. The van der Waals surface area contributed by atoms with Gasteiger partial charge < -0.3 is 5.73 Å². The molecule has 2 aliphatic rings. The van der Waals surface area contributed by atoms with Gasteiger partial charge in [-0.3, -0.25) is 5.01 Å². The van der Waals surface area contributed by atoms with Gasteiger partial charge >= 0.3 is 6.18 Å². The van der Waals surface area contributed by atoms with Crippen LogP contribution in [0.15, 0.2) is 53.6 Å². The van der Waals surface area contributed by atoms with Gasteiger partial charge in [0.05, 0.1) is 17.6 Å². The summed E-state index contributed by atoms with van der Waals surface area (Å²) in [5, 5.41) is 5.45. The van der Waals surface area contributed by atoms with Crippen LogP contribution in [0.25, 0.3) is 6.08 Å². The molecule has 0 aromatic heterocycles. The molecule has 4 rings (SSSR count). The number of nitrogens with zero attached hydrogens (tertiary/aromatic N) is 2. The van der Waals surface area contributed by atoms with Crippen LogP contribution in [0.1, 0.15) is 22.7 Å². The summed E-state index contributed by atoms with van der Waals surface area (Å²) in [5.41, 5.74) is 8.94. The number of hydrogen-bond donors (Lipinski definition) is 1. The highest BCUT2D eigenvalue weighted by Crippen LogP contribution is 2.47. The lowest BCUT2D eigenvalue weighted by molar-refractivity contribution is -0.0615. The Morgan fingerprint density at radius 2 is 1.80 bits per heavy atom. The number of hydrogen-bond acceptors (Lipinski definition) is 3. The van der Waals surface area contributed by atoms with Crippen molar-refractivity contribution in [2.75, 3.05) is 10.7 Å². The van der Waals surface area contributed by atoms with Crippen molar-refractivity contribution >= 4 is 23.2 Å². The third kappa shape index (κ3) is 2.58. The fraction of sp³-hybridized carbons (Fsp3) is 0.211. The van der Waals surface area contributed by atoms with Gasteiger partial charge in [0.2, 0.25) is 0 Å². The van der Waals surface area contributed by atoms with Gasteiger partial charge in [-0.15, -0.1) is 0 Å². The standard InChI is InChI=1S/C19H16F3N3/c1-11-2-6-14(7-3-11)25-17-15-9-5-13(23)10-12(15)4-8-16(17)18(24-25)19(20,21)22/h2-10,16-17H,23H2,1H3. The number of alkyl halides is 3. The predicted molar refractivity (Wildman–Crippen MR) is 93.3 cm³/mol. The molecule has 0 fully saturated rings. The first-order valence-corrected chi connectivity index (χ1v) is 7.94. The highest BCUT2D eigenvalue weighted by molar-refractivity contribution is 5.98. The van der Waals surface area contributed by atoms with E-state index in [1.165, 1.54) is 5.01 Å². The Morgan fingerprint density at radius 1 is 1.08 bits per heavy atom. The first-order chi connectivity index (χ1) is 11.8. The van der Waals surface area contributed by atoms with Crippen molar-refractivity contribution in [2.24, 2.45) is 11.0 Å². The highest BCUT2D eigenvalue weighted by Gasteiger charge is 2.51. The van der Waals surface area contributed by atoms with Gasteiger partial charge in [-0.2, -0.15) is 18.3 Å².